The Morgan fingerprint density at radius 1 is 1.06 bits per heavy atom. The second-order valence-electron chi connectivity index (χ2n) is 9.42. The maximum absolute atomic E-state index is 12.7. The Balaban J connectivity index is 1.60. The molecule has 0 aromatic carbocycles. The van der Waals surface area contributed by atoms with Gasteiger partial charge >= 0.3 is 5.69 Å². The van der Waals surface area contributed by atoms with E-state index in [-0.39, 0.29) is 23.2 Å². The minimum atomic E-state index is -0.313. The van der Waals surface area contributed by atoms with E-state index in [1.165, 1.54) is 16.2 Å². The number of carbonyl (C=O) groups is 1. The minimum absolute atomic E-state index is 0.0328. The van der Waals surface area contributed by atoms with E-state index in [9.17, 15) is 14.4 Å². The van der Waals surface area contributed by atoms with Crippen LogP contribution in [0.4, 0.5) is 0 Å². The molecule has 35 heavy (non-hydrogen) atoms. The predicted molar refractivity (Wildman–Crippen MR) is 136 cm³/mol. The van der Waals surface area contributed by atoms with Crippen LogP contribution >= 0.6 is 0 Å². The third-order valence-electron chi connectivity index (χ3n) is 6.78. The summed E-state index contributed by atoms with van der Waals surface area (Å²) in [5, 5.41) is 3.07. The number of carbonyl (C=O) groups excluding carboxylic acids is 1. The lowest BCUT2D eigenvalue weighted by molar-refractivity contribution is -0.277. The number of rotatable bonds is 17. The van der Waals surface area contributed by atoms with E-state index < -0.39 is 0 Å². The fraction of sp³-hybridized carbons (Fsp3) is 0.760. The second-order valence-corrected chi connectivity index (χ2v) is 9.42. The van der Waals surface area contributed by atoms with Crippen LogP contribution in [-0.2, 0) is 35.2 Å². The molecule has 0 aliphatic carbocycles. The summed E-state index contributed by atoms with van der Waals surface area (Å²) in [7, 11) is 4.89. The molecule has 198 valence electrons. The zero-order chi connectivity index (χ0) is 25.8. The molecule has 0 radical (unpaired) electrons. The highest BCUT2D eigenvalue weighted by Gasteiger charge is 2.19. The van der Waals surface area contributed by atoms with E-state index in [0.717, 1.165) is 57.8 Å². The molecule has 0 bridgehead atoms. The average molecular weight is 494 g/mol. The molecule has 0 spiro atoms. The molecule has 0 saturated heterocycles. The third kappa shape index (κ3) is 8.31. The number of imidazole rings is 1. The van der Waals surface area contributed by atoms with Gasteiger partial charge < -0.3 is 9.88 Å². The van der Waals surface area contributed by atoms with Crippen molar-refractivity contribution in [2.75, 3.05) is 13.7 Å². The lowest BCUT2D eigenvalue weighted by Gasteiger charge is -2.23. The van der Waals surface area contributed by atoms with E-state index in [2.05, 4.69) is 29.0 Å². The van der Waals surface area contributed by atoms with Crippen LogP contribution in [0.3, 0.4) is 0 Å². The van der Waals surface area contributed by atoms with Gasteiger partial charge in [0.1, 0.15) is 6.61 Å². The Labute approximate surface area is 207 Å². The summed E-state index contributed by atoms with van der Waals surface area (Å²) in [5.41, 5.74) is 0.298. The first-order chi connectivity index (χ1) is 16.8. The first-order valence-electron chi connectivity index (χ1n) is 12.9. The van der Waals surface area contributed by atoms with Gasteiger partial charge in [-0.2, -0.15) is 0 Å². The van der Waals surface area contributed by atoms with Gasteiger partial charge in [-0.3, -0.25) is 18.7 Å². The fourth-order valence-corrected chi connectivity index (χ4v) is 4.26. The van der Waals surface area contributed by atoms with E-state index in [1.807, 2.05) is 0 Å². The SMILES string of the molecule is CCC(C)C(COOC)NC(=O)CCCCCCCCCCn1c(=O)c2c(ncn2C)n(C)c1=O. The molecule has 10 heteroatoms. The molecule has 2 unspecified atom stereocenters. The molecular formula is C25H43N5O5. The smallest absolute Gasteiger partial charge is 0.332 e. The van der Waals surface area contributed by atoms with Crippen molar-refractivity contribution in [3.63, 3.8) is 0 Å². The van der Waals surface area contributed by atoms with Gasteiger partial charge in [-0.25, -0.2) is 19.6 Å². The molecule has 0 saturated carbocycles. The zero-order valence-electron chi connectivity index (χ0n) is 22.0. The van der Waals surface area contributed by atoms with Gasteiger partial charge in [-0.05, 0) is 18.8 Å². The number of nitrogens with one attached hydrogen (secondary N) is 1. The highest BCUT2D eigenvalue weighted by molar-refractivity contribution is 5.76. The van der Waals surface area contributed by atoms with Crippen LogP contribution < -0.4 is 16.6 Å². The number of hydrogen-bond acceptors (Lipinski definition) is 6. The van der Waals surface area contributed by atoms with Crippen molar-refractivity contribution in [3.8, 4) is 0 Å². The molecule has 2 rings (SSSR count). The van der Waals surface area contributed by atoms with Gasteiger partial charge in [-0.15, -0.1) is 0 Å². The molecule has 0 aliphatic heterocycles. The quantitative estimate of drug-likeness (QED) is 0.206. The molecule has 2 aromatic rings. The number of aromatic nitrogens is 4. The maximum Gasteiger partial charge on any atom is 0.332 e. The average Bonchev–Trinajstić information content (AvgIpc) is 3.24. The first-order valence-corrected chi connectivity index (χ1v) is 12.9. The van der Waals surface area contributed by atoms with E-state index in [4.69, 9.17) is 4.89 Å². The summed E-state index contributed by atoms with van der Waals surface area (Å²) in [6.07, 6.45) is 11.2. The number of unbranched alkanes of at least 4 members (excludes halogenated alkanes) is 7. The van der Waals surface area contributed by atoms with Crippen LogP contribution in [0.5, 0.6) is 0 Å². The molecule has 0 aliphatic rings. The summed E-state index contributed by atoms with van der Waals surface area (Å²) < 4.78 is 4.42. The zero-order valence-corrected chi connectivity index (χ0v) is 22.0. The standard InChI is InChI=1S/C25H43N5O5/c1-6-19(2)20(17-35-34-5)27-21(31)15-13-11-9-7-8-10-12-14-16-30-24(32)22-23(26-18-28(22)3)29(4)25(30)33/h18-20H,6-17H2,1-5H3,(H,27,31). The molecule has 2 aromatic heterocycles. The van der Waals surface area contributed by atoms with Crippen LogP contribution in [0.1, 0.15) is 78.1 Å². The molecule has 1 amide bonds. The summed E-state index contributed by atoms with van der Waals surface area (Å²) in [4.78, 5) is 51.3. The Hall–Kier alpha value is -2.46. The Kier molecular flexibility index (Phi) is 12.2. The molecule has 1 N–H and O–H groups in total. The Morgan fingerprint density at radius 3 is 2.31 bits per heavy atom. The van der Waals surface area contributed by atoms with Gasteiger partial charge in [0.15, 0.2) is 11.2 Å². The van der Waals surface area contributed by atoms with Crippen molar-refractivity contribution in [2.45, 2.75) is 90.6 Å². The summed E-state index contributed by atoms with van der Waals surface area (Å²) >= 11 is 0. The number of fused-ring (bicyclic) bond motifs is 1. The number of amides is 1. The number of aryl methyl sites for hydroxylation is 2. The van der Waals surface area contributed by atoms with Gasteiger partial charge in [0.2, 0.25) is 5.91 Å². The molecule has 2 heterocycles. The summed E-state index contributed by atoms with van der Waals surface area (Å²) in [6, 6.07) is -0.0328. The van der Waals surface area contributed by atoms with Crippen LogP contribution in [0.15, 0.2) is 15.9 Å². The van der Waals surface area contributed by atoms with Crippen LogP contribution in [0, 0.1) is 5.92 Å². The minimum Gasteiger partial charge on any atom is -0.351 e. The van der Waals surface area contributed by atoms with Crippen molar-refractivity contribution in [2.24, 2.45) is 20.0 Å². The van der Waals surface area contributed by atoms with Gasteiger partial charge in [0.25, 0.3) is 5.56 Å². The number of hydrogen-bond donors (Lipinski definition) is 1. The monoisotopic (exact) mass is 493 g/mol. The third-order valence-corrected chi connectivity index (χ3v) is 6.78. The van der Waals surface area contributed by atoms with E-state index in [1.54, 1.807) is 25.0 Å². The highest BCUT2D eigenvalue weighted by Crippen LogP contribution is 2.12. The van der Waals surface area contributed by atoms with Crippen molar-refractivity contribution in [3.05, 3.63) is 27.2 Å². The topological polar surface area (TPSA) is 109 Å². The summed E-state index contributed by atoms with van der Waals surface area (Å²) in [5.74, 6) is 0.398. The van der Waals surface area contributed by atoms with Crippen molar-refractivity contribution >= 4 is 17.1 Å². The number of nitrogens with zero attached hydrogens (tertiary/aromatic N) is 4. The second kappa shape index (κ2) is 14.8. The molecule has 2 atom stereocenters. The van der Waals surface area contributed by atoms with Crippen molar-refractivity contribution in [1.29, 1.82) is 0 Å². The van der Waals surface area contributed by atoms with Crippen molar-refractivity contribution in [1.82, 2.24) is 24.0 Å². The first kappa shape index (κ1) is 28.8. The normalized spacial score (nSPS) is 13.3. The Bertz CT molecular complexity index is 1040. The van der Waals surface area contributed by atoms with Gasteiger partial charge in [0.05, 0.1) is 19.5 Å². The highest BCUT2D eigenvalue weighted by atomic mass is 17.2. The fourth-order valence-electron chi connectivity index (χ4n) is 4.26. The largest absolute Gasteiger partial charge is 0.351 e. The van der Waals surface area contributed by atoms with Gasteiger partial charge in [0, 0.05) is 27.1 Å². The van der Waals surface area contributed by atoms with Crippen LogP contribution in [0.25, 0.3) is 11.2 Å². The maximum atomic E-state index is 12.7. The molecule has 10 nitrogen and oxygen atoms in total. The Morgan fingerprint density at radius 2 is 1.69 bits per heavy atom. The van der Waals surface area contributed by atoms with Gasteiger partial charge in [-0.1, -0.05) is 58.8 Å². The molecular weight excluding hydrogens is 450 g/mol. The van der Waals surface area contributed by atoms with Crippen LogP contribution in [-0.4, -0.2) is 44.4 Å². The van der Waals surface area contributed by atoms with E-state index in [0.29, 0.717) is 36.7 Å². The molecule has 0 fully saturated rings. The van der Waals surface area contributed by atoms with E-state index >= 15 is 0 Å². The lowest BCUT2D eigenvalue weighted by Crippen LogP contribution is -2.42. The van der Waals surface area contributed by atoms with Crippen LogP contribution in [0.2, 0.25) is 0 Å². The lowest BCUT2D eigenvalue weighted by atomic mass is 9.99. The van der Waals surface area contributed by atoms with Crippen molar-refractivity contribution < 1.29 is 14.6 Å². The predicted octanol–water partition coefficient (Wildman–Crippen LogP) is 3.05. The summed E-state index contributed by atoms with van der Waals surface area (Å²) in [6.45, 7) is 4.98.